The van der Waals surface area contributed by atoms with Gasteiger partial charge in [-0.05, 0) is 42.5 Å². The number of aromatic nitrogens is 3. The molecule has 4 rings (SSSR count). The first-order valence-electron chi connectivity index (χ1n) is 10.5. The van der Waals surface area contributed by atoms with Gasteiger partial charge in [-0.25, -0.2) is 4.79 Å². The highest BCUT2D eigenvalue weighted by Gasteiger charge is 2.31. The van der Waals surface area contributed by atoms with Crippen molar-refractivity contribution in [2.75, 3.05) is 26.4 Å². The first-order chi connectivity index (χ1) is 14.9. The summed E-state index contributed by atoms with van der Waals surface area (Å²) in [5.41, 5.74) is 3.22. The van der Waals surface area contributed by atoms with E-state index in [2.05, 4.69) is 22.4 Å². The topological polar surface area (TPSA) is 122 Å². The summed E-state index contributed by atoms with van der Waals surface area (Å²) in [5.74, 6) is -0.319. The van der Waals surface area contributed by atoms with E-state index < -0.39 is 17.3 Å². The zero-order valence-corrected chi connectivity index (χ0v) is 17.8. The van der Waals surface area contributed by atoms with Crippen LogP contribution in [0.5, 0.6) is 5.88 Å². The second kappa shape index (κ2) is 8.70. The number of nitrogens with zero attached hydrogens (tertiary/aromatic N) is 2. The van der Waals surface area contributed by atoms with Crippen LogP contribution in [0.15, 0.2) is 27.8 Å². The normalized spacial score (nSPS) is 16.0. The third-order valence-corrected chi connectivity index (χ3v) is 5.96. The van der Waals surface area contributed by atoms with E-state index in [1.807, 2.05) is 6.07 Å². The molecule has 1 aliphatic rings. The van der Waals surface area contributed by atoms with Gasteiger partial charge in [-0.2, -0.15) is 0 Å². The van der Waals surface area contributed by atoms with Gasteiger partial charge in [0.25, 0.3) is 5.56 Å². The summed E-state index contributed by atoms with van der Waals surface area (Å²) in [6.07, 6.45) is 2.52. The number of H-pyrrole nitrogens is 1. The number of rotatable bonds is 7. The number of aromatic amines is 1. The highest BCUT2D eigenvalue weighted by atomic mass is 16.5. The molecule has 0 aliphatic carbocycles. The molecule has 31 heavy (non-hydrogen) atoms. The molecule has 1 unspecified atom stereocenters. The van der Waals surface area contributed by atoms with E-state index in [0.717, 1.165) is 50.6 Å². The smallest absolute Gasteiger partial charge is 0.333 e. The Kier molecular flexibility index (Phi) is 5.99. The van der Waals surface area contributed by atoms with E-state index in [-0.39, 0.29) is 18.1 Å². The summed E-state index contributed by atoms with van der Waals surface area (Å²) in [4.78, 5) is 28.4. The number of aliphatic hydroxyl groups is 1. The summed E-state index contributed by atoms with van der Waals surface area (Å²) in [6, 6.07) is 5.74. The SMILES string of the molecule is Cn1c(O)c(C2NCCc3c2[nH]c2ccc(CCCOCCO)cc32)c(=O)n(C)c1=O. The van der Waals surface area contributed by atoms with Crippen LogP contribution in [0.2, 0.25) is 0 Å². The maximum Gasteiger partial charge on any atom is 0.333 e. The molecule has 9 nitrogen and oxygen atoms in total. The summed E-state index contributed by atoms with van der Waals surface area (Å²) in [7, 11) is 2.87. The number of fused-ring (bicyclic) bond motifs is 3. The van der Waals surface area contributed by atoms with Crippen LogP contribution in [0, 0.1) is 0 Å². The molecule has 0 radical (unpaired) electrons. The Morgan fingerprint density at radius 3 is 2.77 bits per heavy atom. The molecule has 166 valence electrons. The monoisotopic (exact) mass is 428 g/mol. The van der Waals surface area contributed by atoms with Gasteiger partial charge in [-0.15, -0.1) is 0 Å². The van der Waals surface area contributed by atoms with Gasteiger partial charge in [0.15, 0.2) is 0 Å². The average molecular weight is 428 g/mol. The number of ether oxygens (including phenoxy) is 1. The second-order valence-corrected chi connectivity index (χ2v) is 7.92. The molecule has 2 aromatic heterocycles. The Hall–Kier alpha value is -2.88. The van der Waals surface area contributed by atoms with Crippen LogP contribution in [0.25, 0.3) is 10.9 Å². The highest BCUT2D eigenvalue weighted by molar-refractivity contribution is 5.86. The minimum atomic E-state index is -0.563. The first-order valence-corrected chi connectivity index (χ1v) is 10.5. The van der Waals surface area contributed by atoms with Gasteiger partial charge in [0.2, 0.25) is 5.88 Å². The number of hydrogen-bond acceptors (Lipinski definition) is 6. The third kappa shape index (κ3) is 3.80. The van der Waals surface area contributed by atoms with Gasteiger partial charge in [0, 0.05) is 43.8 Å². The van der Waals surface area contributed by atoms with Crippen molar-refractivity contribution in [3.05, 3.63) is 61.4 Å². The lowest BCUT2D eigenvalue weighted by Gasteiger charge is -2.25. The Morgan fingerprint density at radius 1 is 1.19 bits per heavy atom. The Bertz CT molecular complexity index is 1220. The van der Waals surface area contributed by atoms with E-state index in [0.29, 0.717) is 19.8 Å². The largest absolute Gasteiger partial charge is 0.494 e. The molecule has 3 heterocycles. The average Bonchev–Trinajstić information content (AvgIpc) is 3.15. The van der Waals surface area contributed by atoms with E-state index >= 15 is 0 Å². The quantitative estimate of drug-likeness (QED) is 0.406. The molecule has 1 atom stereocenters. The standard InChI is InChI=1S/C22H28N4O5/c1-25-20(28)17(21(29)26(2)22(25)30)19-18-14(7-8-23-19)15-12-13(5-6-16(15)24-18)4-3-10-31-11-9-27/h5-6,12,19,23-24,27-28H,3-4,7-11H2,1-2H3. The molecule has 0 spiro atoms. The van der Waals surface area contributed by atoms with Gasteiger partial charge in [-0.1, -0.05) is 6.07 Å². The third-order valence-electron chi connectivity index (χ3n) is 5.96. The van der Waals surface area contributed by atoms with E-state index in [9.17, 15) is 14.7 Å². The molecule has 0 saturated heterocycles. The van der Waals surface area contributed by atoms with Crippen molar-refractivity contribution >= 4 is 10.9 Å². The Balaban J connectivity index is 1.71. The van der Waals surface area contributed by atoms with E-state index in [1.165, 1.54) is 19.7 Å². The van der Waals surface area contributed by atoms with Crippen LogP contribution in [-0.4, -0.2) is 50.7 Å². The molecular weight excluding hydrogens is 400 g/mol. The van der Waals surface area contributed by atoms with Crippen molar-refractivity contribution in [2.24, 2.45) is 14.1 Å². The van der Waals surface area contributed by atoms with Gasteiger partial charge >= 0.3 is 5.69 Å². The van der Waals surface area contributed by atoms with Crippen molar-refractivity contribution in [1.82, 2.24) is 19.4 Å². The van der Waals surface area contributed by atoms with Crippen LogP contribution in [0.4, 0.5) is 0 Å². The summed E-state index contributed by atoms with van der Waals surface area (Å²) in [6.45, 7) is 1.64. The molecule has 0 saturated carbocycles. The fourth-order valence-corrected chi connectivity index (χ4v) is 4.33. The molecule has 4 N–H and O–H groups in total. The Labute approximate surface area is 178 Å². The van der Waals surface area contributed by atoms with Crippen molar-refractivity contribution in [3.8, 4) is 5.88 Å². The lowest BCUT2D eigenvalue weighted by Crippen LogP contribution is -2.42. The first kappa shape index (κ1) is 21.4. The predicted octanol–water partition coefficient (Wildman–Crippen LogP) is 0.447. The zero-order chi connectivity index (χ0) is 22.1. The molecular formula is C22H28N4O5. The van der Waals surface area contributed by atoms with Gasteiger partial charge < -0.3 is 25.3 Å². The van der Waals surface area contributed by atoms with Gasteiger partial charge in [0.05, 0.1) is 19.3 Å². The Morgan fingerprint density at radius 2 is 2.00 bits per heavy atom. The maximum absolute atomic E-state index is 12.8. The zero-order valence-electron chi connectivity index (χ0n) is 17.8. The maximum atomic E-state index is 12.8. The van der Waals surface area contributed by atoms with Crippen LogP contribution in [-0.2, 0) is 31.7 Å². The number of hydrogen-bond donors (Lipinski definition) is 4. The summed E-state index contributed by atoms with van der Waals surface area (Å²) < 4.78 is 7.44. The fraction of sp³-hybridized carbons (Fsp3) is 0.455. The summed E-state index contributed by atoms with van der Waals surface area (Å²) >= 11 is 0. The second-order valence-electron chi connectivity index (χ2n) is 7.92. The molecule has 9 heteroatoms. The number of aromatic hydroxyl groups is 1. The molecule has 1 aromatic carbocycles. The number of aliphatic hydroxyl groups excluding tert-OH is 1. The van der Waals surface area contributed by atoms with Crippen molar-refractivity contribution in [3.63, 3.8) is 0 Å². The van der Waals surface area contributed by atoms with Crippen LogP contribution < -0.4 is 16.6 Å². The highest BCUT2D eigenvalue weighted by Crippen LogP contribution is 2.35. The van der Waals surface area contributed by atoms with Crippen LogP contribution in [0.3, 0.4) is 0 Å². The molecule has 0 fully saturated rings. The molecule has 0 amide bonds. The molecule has 0 bridgehead atoms. The molecule has 3 aromatic rings. The minimum Gasteiger partial charge on any atom is -0.494 e. The van der Waals surface area contributed by atoms with Crippen molar-refractivity contribution in [2.45, 2.75) is 25.3 Å². The number of benzene rings is 1. The van der Waals surface area contributed by atoms with Gasteiger partial charge in [-0.3, -0.25) is 13.9 Å². The van der Waals surface area contributed by atoms with Gasteiger partial charge in [0.1, 0.15) is 5.56 Å². The van der Waals surface area contributed by atoms with Crippen LogP contribution in [0.1, 0.15) is 34.8 Å². The lowest BCUT2D eigenvalue weighted by atomic mass is 9.94. The molecule has 1 aliphatic heterocycles. The van der Waals surface area contributed by atoms with E-state index in [4.69, 9.17) is 9.84 Å². The number of nitrogens with one attached hydrogen (secondary N) is 2. The van der Waals surface area contributed by atoms with Crippen LogP contribution >= 0.6 is 0 Å². The predicted molar refractivity (Wildman–Crippen MR) is 117 cm³/mol. The van der Waals surface area contributed by atoms with E-state index in [1.54, 1.807) is 0 Å². The minimum absolute atomic E-state index is 0.0326. The summed E-state index contributed by atoms with van der Waals surface area (Å²) in [5, 5.41) is 23.8. The fourth-order valence-electron chi connectivity index (χ4n) is 4.33. The number of aryl methyl sites for hydroxylation is 1. The van der Waals surface area contributed by atoms with Crippen molar-refractivity contribution in [1.29, 1.82) is 0 Å². The lowest BCUT2D eigenvalue weighted by molar-refractivity contribution is 0.0909. The van der Waals surface area contributed by atoms with Crippen molar-refractivity contribution < 1.29 is 14.9 Å².